The number of ether oxygens (including phenoxy) is 14. The van der Waals surface area contributed by atoms with Gasteiger partial charge >= 0.3 is 110 Å². The first-order valence-corrected chi connectivity index (χ1v) is 56.4. The lowest BCUT2D eigenvalue weighted by Crippen LogP contribution is -2.69. The third kappa shape index (κ3) is 37.6. The Balaban J connectivity index is 1.44. The maximum atomic E-state index is 13.0. The summed E-state index contributed by atoms with van der Waals surface area (Å²) in [6, 6.07) is 0. The molecule has 91 heteroatoms. The van der Waals surface area contributed by atoms with Crippen molar-refractivity contribution in [2.75, 3.05) is 46.2 Å². The Labute approximate surface area is 734 Å². The molecule has 0 aromatic rings. The lowest BCUT2D eigenvalue weighted by molar-refractivity contribution is -0.392. The van der Waals surface area contributed by atoms with Crippen LogP contribution in [-0.2, 0) is 194 Å². The molecule has 0 saturated carbocycles. The highest BCUT2D eigenvalue weighted by Crippen LogP contribution is 2.56. The normalized spacial score (nSPS) is 38.9. The Bertz CT molecular complexity index is 3760. The molecule has 21 heterocycles. The molecule has 0 aliphatic carbocycles. The molecule has 21 saturated heterocycles. The highest BCUT2D eigenvalue weighted by Gasteiger charge is 2.65. The van der Waals surface area contributed by atoms with Crippen molar-refractivity contribution in [3.63, 3.8) is 0 Å². The number of phosphoric ester groups is 14. The van der Waals surface area contributed by atoms with Crippen molar-refractivity contribution in [2.45, 2.75) is 215 Å². The van der Waals surface area contributed by atoms with Crippen LogP contribution in [0.5, 0.6) is 0 Å². The van der Waals surface area contributed by atoms with Crippen LogP contribution in [0, 0.1) is 0 Å². The number of hydrogen-bond donors (Lipinski definition) is 35. The fourth-order valence-corrected chi connectivity index (χ4v) is 19.5. The summed E-state index contributed by atoms with van der Waals surface area (Å²) in [5, 5.41) is 86.6. The Morgan fingerprint density at radius 2 is 0.241 bits per heavy atom. The van der Waals surface area contributed by atoms with Gasteiger partial charge in [-0.15, -0.1) is 0 Å². The zero-order valence-corrected chi connectivity index (χ0v) is 76.7. The van der Waals surface area contributed by atoms with E-state index in [0.717, 1.165) is 0 Å². The monoisotopic (exact) mass is 2250 g/mol. The minimum absolute atomic E-state index is 2.03. The average molecular weight is 2250 g/mol. The molecule has 35 atom stereocenters. The predicted molar refractivity (Wildman–Crippen MR) is 381 cm³/mol. The molecule has 21 rings (SSSR count). The van der Waals surface area contributed by atoms with Crippen LogP contribution in [0.4, 0.5) is 0 Å². The van der Waals surface area contributed by atoms with Gasteiger partial charge in [0, 0.05) is 0 Å². The fourth-order valence-electron chi connectivity index (χ4n) is 13.3. The Kier molecular flexibility index (Phi) is 40.8. The second-order valence-electron chi connectivity index (χ2n) is 27.9. The summed E-state index contributed by atoms with van der Waals surface area (Å²) in [6.07, 6.45) is -115. The minimum Gasteiger partial charge on any atom is -0.387 e. The Morgan fingerprint density at radius 3 is 0.316 bits per heavy atom. The van der Waals surface area contributed by atoms with Gasteiger partial charge in [0.2, 0.25) is 0 Å². The predicted octanol–water partition coefficient (Wildman–Crippen LogP) is -13.6. The maximum Gasteiger partial charge on any atom is 0.470 e. The van der Waals surface area contributed by atoms with Gasteiger partial charge < -0.3 is 239 Å². The molecule has 0 amide bonds. The number of rotatable bonds is 35. The van der Waals surface area contributed by atoms with E-state index in [1.54, 1.807) is 0 Å². The lowest BCUT2D eigenvalue weighted by atomic mass is 9.95. The molecule has 21 aliphatic heterocycles. The molecular weight excluding hydrogens is 2170 g/mol. The van der Waals surface area contributed by atoms with E-state index < -0.39 is 371 Å². The van der Waals surface area contributed by atoms with Crippen LogP contribution in [-0.4, -0.2) is 434 Å². The first kappa shape index (κ1) is 119. The summed E-state index contributed by atoms with van der Waals surface area (Å²) in [4.78, 5) is 285. The summed E-state index contributed by atoms with van der Waals surface area (Å²) in [5.41, 5.74) is 0. The molecule has 0 radical (unpaired) electrons. The van der Waals surface area contributed by atoms with Gasteiger partial charge in [-0.3, -0.25) is 63.3 Å². The van der Waals surface area contributed by atoms with Gasteiger partial charge in [0.25, 0.3) is 0 Å². The van der Waals surface area contributed by atoms with E-state index in [-0.39, 0.29) is 0 Å². The molecular formula is C42H84O77P14. The molecule has 35 N–H and O–H groups in total. The zero-order chi connectivity index (χ0) is 101. The number of phosphoric acid groups is 14. The van der Waals surface area contributed by atoms with Crippen LogP contribution in [0.1, 0.15) is 0 Å². The van der Waals surface area contributed by atoms with E-state index in [2.05, 4.69) is 63.3 Å². The van der Waals surface area contributed by atoms with Gasteiger partial charge in [0.05, 0.1) is 46.2 Å². The number of aliphatic hydroxyl groups excluding tert-OH is 7. The second-order valence-corrected chi connectivity index (χ2v) is 44.9. The van der Waals surface area contributed by atoms with Crippen molar-refractivity contribution in [1.82, 2.24) is 0 Å². The van der Waals surface area contributed by atoms with Gasteiger partial charge in [-0.2, -0.15) is 0 Å². The number of hydrogen-bond acceptors (Lipinski definition) is 49. The van der Waals surface area contributed by atoms with Gasteiger partial charge in [0.1, 0.15) is 171 Å². The third-order valence-corrected chi connectivity index (χ3v) is 25.0. The molecule has 21 fully saturated rings. The molecule has 0 aromatic heterocycles. The van der Waals surface area contributed by atoms with Crippen molar-refractivity contribution in [1.29, 1.82) is 0 Å². The molecule has 0 spiro atoms. The van der Waals surface area contributed by atoms with Crippen LogP contribution < -0.4 is 0 Å². The van der Waals surface area contributed by atoms with Crippen molar-refractivity contribution in [3.05, 3.63) is 0 Å². The quantitative estimate of drug-likeness (QED) is 0.0262. The second kappa shape index (κ2) is 45.6. The van der Waals surface area contributed by atoms with Gasteiger partial charge in [-0.25, -0.2) is 63.9 Å². The summed E-state index contributed by atoms with van der Waals surface area (Å²) >= 11 is 0. The molecule has 784 valence electrons. The first-order chi connectivity index (χ1) is 60.0. The summed E-state index contributed by atoms with van der Waals surface area (Å²) < 4.78 is 321. The maximum absolute atomic E-state index is 13.0. The van der Waals surface area contributed by atoms with Crippen LogP contribution in [0.2, 0.25) is 0 Å². The average Bonchev–Trinajstić information content (AvgIpc) is 0.841. The van der Waals surface area contributed by atoms with Crippen LogP contribution in [0.15, 0.2) is 0 Å². The van der Waals surface area contributed by atoms with Crippen molar-refractivity contribution < 1.29 is 366 Å². The fraction of sp³-hybridized carbons (Fsp3) is 1.00. The molecule has 0 unspecified atom stereocenters. The molecule has 14 bridgehead atoms. The van der Waals surface area contributed by atoms with E-state index in [1.165, 1.54) is 0 Å². The molecule has 0 aromatic carbocycles. The van der Waals surface area contributed by atoms with Gasteiger partial charge in [-0.1, -0.05) is 0 Å². The summed E-state index contributed by atoms with van der Waals surface area (Å²) in [7, 11) is -89.4. The first-order valence-electron chi connectivity index (χ1n) is 35.0. The number of aliphatic hydroxyl groups is 7. The van der Waals surface area contributed by atoms with Crippen LogP contribution >= 0.6 is 110 Å². The van der Waals surface area contributed by atoms with E-state index in [9.17, 15) is 237 Å². The summed E-state index contributed by atoms with van der Waals surface area (Å²) in [5.74, 6) is 0. The lowest BCUT2D eigenvalue weighted by Gasteiger charge is -2.51. The topological polar surface area (TPSA) is 1210 Å². The highest BCUT2D eigenvalue weighted by atomic mass is 31.2. The van der Waals surface area contributed by atoms with Crippen LogP contribution in [0.25, 0.3) is 0 Å². The Morgan fingerprint density at radius 1 is 0.150 bits per heavy atom. The van der Waals surface area contributed by atoms with E-state index in [4.69, 9.17) is 66.3 Å². The van der Waals surface area contributed by atoms with Crippen molar-refractivity contribution in [3.8, 4) is 0 Å². The largest absolute Gasteiger partial charge is 0.470 e. The standard InChI is InChI=1S/C42H84O77P14/c43-15-22-8(1-92-120(50,51)52)99-36(29(15)113-127(71,72)73)107-23-9(2-93-121(53,54)55)101-38(31(16(23)44)115-129(77,78)79)109-25-11(4-95-123(59,60)61)103-40(33(18(25)46)117-131(83,84)85)111-27-13(6-97-125(65,66)67)105-42(35(20(27)48)119-133(89,90)91)112-28-14(7-98-126(68,69)70)104-41(34(21(28)49)118-132(86,87)88)110-26-12(5-96-124(62,63)64)102-39(32(19(26)47)116-130(80,81)82)108-24-10(3-94-122(56,57)58)100-37(106-22)30(17(24)45)114-128(74,75)76/h8-49H,1-7H2,(H2,50,51,52)(H2,53,54,55)(H2,56,57,58)(H2,59,60,61)(H2,62,63,64)(H2,65,66,67)(H2,68,69,70)(H2,71,72,73)(H2,74,75,76)(H2,77,78,79)(H2,80,81,82)(H2,83,84,85)(H2,86,87,88)(H2,89,90,91)/t8-,9-,10-,11-,12-,13-,14-,15+,16+,17+,18+,19+,20+,21+,22-,23-,24-,25-,26-,27-,28-,29-,30-,31-,32-,33-,34-,35-,36-,37-,38-,39-,40-,41-,42-/m1/s1. The van der Waals surface area contributed by atoms with Crippen LogP contribution in [0.3, 0.4) is 0 Å². The smallest absolute Gasteiger partial charge is 0.387 e. The van der Waals surface area contributed by atoms with Crippen molar-refractivity contribution >= 4 is 110 Å². The Hall–Kier alpha value is 0.700. The van der Waals surface area contributed by atoms with E-state index >= 15 is 0 Å². The van der Waals surface area contributed by atoms with E-state index in [1.807, 2.05) is 0 Å². The molecule has 133 heavy (non-hydrogen) atoms. The van der Waals surface area contributed by atoms with Gasteiger partial charge in [0.15, 0.2) is 44.0 Å². The molecule has 21 aliphatic rings. The minimum atomic E-state index is -6.59. The van der Waals surface area contributed by atoms with Gasteiger partial charge in [-0.05, 0) is 0 Å². The summed E-state index contributed by atoms with van der Waals surface area (Å²) in [6.45, 7) is -14.2. The van der Waals surface area contributed by atoms with E-state index in [0.29, 0.717) is 0 Å². The third-order valence-electron chi connectivity index (χ3n) is 18.0. The van der Waals surface area contributed by atoms with Crippen molar-refractivity contribution in [2.24, 2.45) is 0 Å². The zero-order valence-electron chi connectivity index (χ0n) is 64.2. The highest BCUT2D eigenvalue weighted by molar-refractivity contribution is 7.49. The molecule has 77 nitrogen and oxygen atoms in total. The SMILES string of the molecule is O=P(O)(O)OC[C@H]1O[C@@H]2O[C@H]3[C@H](O)[C@@H](OP(=O)(O)O)[C@@H](O[C@H]4[C@H](O)[C@@H](OP(=O)(O)O)[C@@H](O[C@H]5[C@H](O)[C@@H](OP(=O)(O)O)[C@@H](O[C@H]6[C@H](O)[C@@H](OP(=O)(O)O)[C@@H](O[C@H]7[C@H](O)[C@@H](OP(=O)(O)O)[C@@H](O[C@H]8[C@H](O)[C@@H](OP(=O)(O)O)[C@@H](O[C@H]1[C@H](O)[C@H]2OP(=O)(O)O)O[C@@H]8COP(=O)(O)O)O[C@@H]7COP(=O)(O)O)O[C@@H]6COP(=O)(O)O)O[C@@H]5COP(=O)(O)O)O[C@@H]4COP(=O)(O)O)O[C@@H]3COP(=O)(O)O.